The van der Waals surface area contributed by atoms with Gasteiger partial charge in [0.25, 0.3) is 0 Å². The van der Waals surface area contributed by atoms with Crippen molar-refractivity contribution in [1.82, 2.24) is 0 Å². The number of carboxylic acid groups (broad SMARTS) is 1. The molecule has 0 aromatic heterocycles. The molecular formula is C24H29NaO3. The Bertz CT molecular complexity index is 733. The quantitative estimate of drug-likeness (QED) is 0.420. The van der Waals surface area contributed by atoms with Crippen molar-refractivity contribution in [1.29, 1.82) is 0 Å². The molecular weight excluding hydrogens is 359 g/mol. The maximum Gasteiger partial charge on any atom is 1.00 e. The summed E-state index contributed by atoms with van der Waals surface area (Å²) in [5, 5.41) is 10.9. The van der Waals surface area contributed by atoms with Crippen molar-refractivity contribution in [2.45, 2.75) is 70.6 Å². The Balaban J connectivity index is 0.00000280. The molecule has 144 valence electrons. The molecule has 2 aliphatic carbocycles. The van der Waals surface area contributed by atoms with Crippen molar-refractivity contribution in [3.8, 4) is 17.6 Å². The van der Waals surface area contributed by atoms with E-state index in [1.54, 1.807) is 6.92 Å². The summed E-state index contributed by atoms with van der Waals surface area (Å²) in [5.74, 6) is 5.16. The molecule has 0 radical (unpaired) electrons. The normalized spacial score (nSPS) is 18.8. The van der Waals surface area contributed by atoms with E-state index in [1.165, 1.54) is 50.5 Å². The van der Waals surface area contributed by atoms with E-state index in [0.717, 1.165) is 17.7 Å². The smallest absolute Gasteiger partial charge is 0.550 e. The van der Waals surface area contributed by atoms with Gasteiger partial charge in [-0.05, 0) is 67.7 Å². The summed E-state index contributed by atoms with van der Waals surface area (Å²) in [6.07, 6.45) is 13.0. The number of carbonyl (C=O) groups excluding carboxylic acids is 1. The number of aliphatic carboxylic acids is 1. The van der Waals surface area contributed by atoms with Gasteiger partial charge in [0.1, 0.15) is 12.4 Å². The van der Waals surface area contributed by atoms with Crippen molar-refractivity contribution in [2.24, 2.45) is 5.41 Å². The van der Waals surface area contributed by atoms with Crippen LogP contribution >= 0.6 is 0 Å². The Morgan fingerprint density at radius 2 is 1.82 bits per heavy atom. The van der Waals surface area contributed by atoms with E-state index < -0.39 is 5.97 Å². The number of rotatable bonds is 6. The van der Waals surface area contributed by atoms with Crippen molar-refractivity contribution >= 4 is 5.97 Å². The molecule has 3 rings (SSSR count). The topological polar surface area (TPSA) is 49.4 Å². The summed E-state index contributed by atoms with van der Waals surface area (Å²) < 4.78 is 6.02. The molecule has 4 heteroatoms. The first-order valence-electron chi connectivity index (χ1n) is 10.2. The number of allylic oxidation sites excluding steroid dienone is 1. The molecule has 0 aliphatic heterocycles. The van der Waals surface area contributed by atoms with Gasteiger partial charge in [-0.2, -0.15) is 0 Å². The minimum absolute atomic E-state index is 0. The molecule has 1 aromatic rings. The Morgan fingerprint density at radius 1 is 1.14 bits per heavy atom. The minimum Gasteiger partial charge on any atom is -0.550 e. The Kier molecular flexibility index (Phi) is 9.15. The van der Waals surface area contributed by atoms with Crippen LogP contribution in [0, 0.1) is 17.3 Å². The van der Waals surface area contributed by atoms with Gasteiger partial charge in [-0.25, -0.2) is 0 Å². The van der Waals surface area contributed by atoms with Crippen molar-refractivity contribution < 1.29 is 44.2 Å². The van der Waals surface area contributed by atoms with Crippen LogP contribution in [0.1, 0.15) is 76.2 Å². The fourth-order valence-corrected chi connectivity index (χ4v) is 4.57. The van der Waals surface area contributed by atoms with Gasteiger partial charge in [0.05, 0.1) is 5.92 Å². The second kappa shape index (κ2) is 11.1. The molecule has 28 heavy (non-hydrogen) atoms. The van der Waals surface area contributed by atoms with E-state index >= 15 is 0 Å². The molecule has 0 heterocycles. The SMILES string of the molecule is CC#C[C@@H](CC(=O)[O-])c1ccc(OCC2=CC3(CCCCC3)CCC2)cc1.[Na+]. The van der Waals surface area contributed by atoms with Crippen LogP contribution in [0.25, 0.3) is 0 Å². The van der Waals surface area contributed by atoms with Crippen LogP contribution < -0.4 is 39.4 Å². The first-order valence-corrected chi connectivity index (χ1v) is 10.2. The van der Waals surface area contributed by atoms with Gasteiger partial charge in [0.15, 0.2) is 0 Å². The Hall–Kier alpha value is -1.21. The fourth-order valence-electron chi connectivity index (χ4n) is 4.57. The Morgan fingerprint density at radius 3 is 2.46 bits per heavy atom. The van der Waals surface area contributed by atoms with Gasteiger partial charge in [-0.3, -0.25) is 0 Å². The molecule has 1 saturated carbocycles. The molecule has 1 atom stereocenters. The van der Waals surface area contributed by atoms with E-state index in [0.29, 0.717) is 12.0 Å². The van der Waals surface area contributed by atoms with Crippen molar-refractivity contribution in [3.05, 3.63) is 41.5 Å². The molecule has 0 amide bonds. The van der Waals surface area contributed by atoms with Gasteiger partial charge in [-0.15, -0.1) is 5.92 Å². The molecule has 1 aromatic carbocycles. The van der Waals surface area contributed by atoms with Crippen molar-refractivity contribution in [3.63, 3.8) is 0 Å². The van der Waals surface area contributed by atoms with E-state index in [2.05, 4.69) is 17.9 Å². The third-order valence-electron chi connectivity index (χ3n) is 5.93. The molecule has 0 bridgehead atoms. The predicted octanol–water partition coefficient (Wildman–Crippen LogP) is 1.38. The average Bonchev–Trinajstić information content (AvgIpc) is 2.67. The molecule has 0 saturated heterocycles. The molecule has 2 aliphatic rings. The third-order valence-corrected chi connectivity index (χ3v) is 5.93. The van der Waals surface area contributed by atoms with Crippen LogP contribution in [0.3, 0.4) is 0 Å². The fraction of sp³-hybridized carbons (Fsp3) is 0.542. The second-order valence-electron chi connectivity index (χ2n) is 7.96. The summed E-state index contributed by atoms with van der Waals surface area (Å²) in [6, 6.07) is 7.64. The van der Waals surface area contributed by atoms with Gasteiger partial charge < -0.3 is 14.6 Å². The van der Waals surface area contributed by atoms with E-state index in [1.807, 2.05) is 24.3 Å². The second-order valence-corrected chi connectivity index (χ2v) is 7.96. The zero-order chi connectivity index (χ0) is 19.1. The van der Waals surface area contributed by atoms with Crippen LogP contribution in [0.4, 0.5) is 0 Å². The number of carbonyl (C=O) groups is 1. The van der Waals surface area contributed by atoms with Crippen LogP contribution in [-0.4, -0.2) is 12.6 Å². The molecule has 1 fully saturated rings. The maximum atomic E-state index is 10.9. The van der Waals surface area contributed by atoms with E-state index in [9.17, 15) is 9.90 Å². The van der Waals surface area contributed by atoms with E-state index in [-0.39, 0.29) is 41.9 Å². The first-order chi connectivity index (χ1) is 13.1. The largest absolute Gasteiger partial charge is 1.00 e. The maximum absolute atomic E-state index is 10.9. The monoisotopic (exact) mass is 388 g/mol. The summed E-state index contributed by atoms with van der Waals surface area (Å²) in [5.41, 5.74) is 2.76. The van der Waals surface area contributed by atoms with Crippen LogP contribution in [0.15, 0.2) is 35.9 Å². The molecule has 3 nitrogen and oxygen atoms in total. The number of ether oxygens (including phenoxy) is 1. The summed E-state index contributed by atoms with van der Waals surface area (Å²) in [6.45, 7) is 2.37. The van der Waals surface area contributed by atoms with Crippen LogP contribution in [0.2, 0.25) is 0 Å². The van der Waals surface area contributed by atoms with E-state index in [4.69, 9.17) is 4.74 Å². The zero-order valence-electron chi connectivity index (χ0n) is 17.3. The number of carboxylic acids is 1. The third kappa shape index (κ3) is 6.41. The molecule has 0 N–H and O–H groups in total. The zero-order valence-corrected chi connectivity index (χ0v) is 19.3. The average molecular weight is 388 g/mol. The summed E-state index contributed by atoms with van der Waals surface area (Å²) >= 11 is 0. The van der Waals surface area contributed by atoms with Crippen LogP contribution in [-0.2, 0) is 4.79 Å². The Labute approximate surface area is 191 Å². The standard InChI is InChI=1S/C24H30O3.Na/c1-2-7-21(16-23(25)26)20-9-11-22(12-10-20)27-18-19-8-6-15-24(17-19)13-4-3-5-14-24;/h9-12,17,21H,3-6,8,13-16,18H2,1H3,(H,25,26);/q;+1/p-1/t21-;/m0./s1. The minimum atomic E-state index is -1.08. The van der Waals surface area contributed by atoms with Crippen molar-refractivity contribution in [2.75, 3.05) is 6.61 Å². The van der Waals surface area contributed by atoms with Gasteiger partial charge in [-0.1, -0.05) is 43.4 Å². The first kappa shape index (κ1) is 23.1. The molecule has 1 spiro atoms. The van der Waals surface area contributed by atoms with Crippen LogP contribution in [0.5, 0.6) is 5.75 Å². The summed E-state index contributed by atoms with van der Waals surface area (Å²) in [4.78, 5) is 10.9. The van der Waals surface area contributed by atoms with Gasteiger partial charge in [0, 0.05) is 12.4 Å². The number of hydrogen-bond acceptors (Lipinski definition) is 3. The number of benzene rings is 1. The predicted molar refractivity (Wildman–Crippen MR) is 105 cm³/mol. The number of hydrogen-bond donors (Lipinski definition) is 0. The van der Waals surface area contributed by atoms with Gasteiger partial charge >= 0.3 is 29.6 Å². The van der Waals surface area contributed by atoms with Gasteiger partial charge in [0.2, 0.25) is 0 Å². The molecule has 0 unspecified atom stereocenters. The summed E-state index contributed by atoms with van der Waals surface area (Å²) in [7, 11) is 0.